The van der Waals surface area contributed by atoms with E-state index in [1.807, 2.05) is 48.5 Å². The Balaban J connectivity index is 1.90. The van der Waals surface area contributed by atoms with Crippen molar-refractivity contribution in [3.05, 3.63) is 53.4 Å². The van der Waals surface area contributed by atoms with E-state index in [0.717, 1.165) is 15.3 Å². The predicted octanol–water partition coefficient (Wildman–Crippen LogP) is 3.73. The number of rotatable bonds is 7. The van der Waals surface area contributed by atoms with Gasteiger partial charge >= 0.3 is 5.97 Å². The van der Waals surface area contributed by atoms with Crippen molar-refractivity contribution in [3.8, 4) is 16.5 Å². The van der Waals surface area contributed by atoms with Gasteiger partial charge in [0.05, 0.1) is 12.5 Å². The normalized spacial score (nSPS) is 11.7. The highest BCUT2D eigenvalue weighted by Gasteiger charge is 2.20. The van der Waals surface area contributed by atoms with Crippen LogP contribution in [0.1, 0.15) is 18.2 Å². The lowest BCUT2D eigenvalue weighted by atomic mass is 10.2. The summed E-state index contributed by atoms with van der Waals surface area (Å²) < 4.78 is 5.13. The van der Waals surface area contributed by atoms with E-state index < -0.39 is 12.1 Å². The number of amides is 1. The summed E-state index contributed by atoms with van der Waals surface area (Å²) in [7, 11) is 1.58. The zero-order chi connectivity index (χ0) is 18.9. The number of esters is 1. The lowest BCUT2D eigenvalue weighted by Gasteiger charge is -2.19. The summed E-state index contributed by atoms with van der Waals surface area (Å²) in [6, 6.07) is 15.9. The van der Waals surface area contributed by atoms with E-state index in [2.05, 4.69) is 0 Å². The van der Waals surface area contributed by atoms with Gasteiger partial charge in [-0.1, -0.05) is 30.3 Å². The molecule has 0 saturated heterocycles. The van der Waals surface area contributed by atoms with E-state index in [1.165, 1.54) is 17.9 Å². The quantitative estimate of drug-likeness (QED) is 0.551. The maximum atomic E-state index is 12.0. The second-order valence-electron chi connectivity index (χ2n) is 5.65. The molecule has 2 rings (SSSR count). The van der Waals surface area contributed by atoms with Gasteiger partial charge in [-0.2, -0.15) is 5.26 Å². The van der Waals surface area contributed by atoms with E-state index in [9.17, 15) is 9.59 Å². The number of ether oxygens (including phenoxy) is 1. The molecule has 26 heavy (non-hydrogen) atoms. The van der Waals surface area contributed by atoms with Gasteiger partial charge in [-0.15, -0.1) is 11.3 Å². The fraction of sp³-hybridized carbons (Fsp3) is 0.250. The van der Waals surface area contributed by atoms with Crippen LogP contribution < -0.4 is 0 Å². The minimum Gasteiger partial charge on any atom is -0.449 e. The Kier molecular flexibility index (Phi) is 7.12. The van der Waals surface area contributed by atoms with Crippen molar-refractivity contribution in [1.29, 1.82) is 5.26 Å². The highest BCUT2D eigenvalue weighted by Crippen LogP contribution is 2.28. The predicted molar refractivity (Wildman–Crippen MR) is 102 cm³/mol. The zero-order valence-electron chi connectivity index (χ0n) is 14.7. The van der Waals surface area contributed by atoms with Crippen LogP contribution in [0.3, 0.4) is 0 Å². The molecule has 1 amide bonds. The lowest BCUT2D eigenvalue weighted by molar-refractivity contribution is -0.154. The van der Waals surface area contributed by atoms with Crippen LogP contribution >= 0.6 is 11.3 Å². The maximum absolute atomic E-state index is 12.0. The molecule has 0 fully saturated rings. The molecule has 0 unspecified atom stereocenters. The van der Waals surface area contributed by atoms with Crippen molar-refractivity contribution in [2.45, 2.75) is 19.4 Å². The topological polar surface area (TPSA) is 70.4 Å². The third-order valence-electron chi connectivity index (χ3n) is 3.64. The van der Waals surface area contributed by atoms with Gasteiger partial charge < -0.3 is 9.64 Å². The second kappa shape index (κ2) is 9.54. The summed E-state index contributed by atoms with van der Waals surface area (Å²) in [5.41, 5.74) is 1.12. The SMILES string of the molecule is C[C@@H](OC(=O)/C=C/c1ccc(-c2ccccc2)s1)C(=O)N(C)CCC#N. The van der Waals surface area contributed by atoms with E-state index >= 15 is 0 Å². The first kappa shape index (κ1) is 19.4. The van der Waals surface area contributed by atoms with Crippen molar-refractivity contribution in [2.24, 2.45) is 0 Å². The number of benzene rings is 1. The van der Waals surface area contributed by atoms with Gasteiger partial charge in [-0.05, 0) is 30.7 Å². The molecule has 1 aromatic carbocycles. The largest absolute Gasteiger partial charge is 0.449 e. The molecule has 0 aliphatic carbocycles. The number of carbonyl (C=O) groups is 2. The number of nitriles is 1. The van der Waals surface area contributed by atoms with Crippen LogP contribution in [0.25, 0.3) is 16.5 Å². The molecule has 0 N–H and O–H groups in total. The Morgan fingerprint density at radius 2 is 2.00 bits per heavy atom. The third kappa shape index (κ3) is 5.57. The van der Waals surface area contributed by atoms with E-state index in [-0.39, 0.29) is 12.3 Å². The number of likely N-dealkylation sites (N-methyl/N-ethyl adjacent to an activating group) is 1. The molecule has 1 atom stereocenters. The number of thiophene rings is 1. The smallest absolute Gasteiger partial charge is 0.331 e. The van der Waals surface area contributed by atoms with Crippen LogP contribution in [0.2, 0.25) is 0 Å². The number of hydrogen-bond acceptors (Lipinski definition) is 5. The minimum atomic E-state index is -0.890. The molecule has 5 nitrogen and oxygen atoms in total. The van der Waals surface area contributed by atoms with Crippen LogP contribution in [0.5, 0.6) is 0 Å². The van der Waals surface area contributed by atoms with Crippen LogP contribution in [0.4, 0.5) is 0 Å². The Morgan fingerprint density at radius 1 is 1.27 bits per heavy atom. The maximum Gasteiger partial charge on any atom is 0.331 e. The first-order chi connectivity index (χ1) is 12.5. The molecule has 0 spiro atoms. The summed E-state index contributed by atoms with van der Waals surface area (Å²) in [5, 5.41) is 8.55. The van der Waals surface area contributed by atoms with Crippen LogP contribution in [0.15, 0.2) is 48.5 Å². The molecule has 134 valence electrons. The van der Waals surface area contributed by atoms with Gasteiger partial charge in [-0.3, -0.25) is 4.79 Å². The summed E-state index contributed by atoms with van der Waals surface area (Å²) in [6.07, 6.45) is 2.35. The second-order valence-corrected chi connectivity index (χ2v) is 6.76. The Bertz CT molecular complexity index is 821. The zero-order valence-corrected chi connectivity index (χ0v) is 15.5. The van der Waals surface area contributed by atoms with Crippen LogP contribution in [-0.2, 0) is 14.3 Å². The van der Waals surface area contributed by atoms with Crippen molar-refractivity contribution < 1.29 is 14.3 Å². The standard InChI is InChI=1S/C20H20N2O3S/c1-15(20(24)22(2)14-6-13-21)25-19(23)12-10-17-9-11-18(26-17)16-7-4-3-5-8-16/h3-5,7-12,15H,6,14H2,1-2H3/b12-10+/t15-/m1/s1. The molecular formula is C20H20N2O3S. The van der Waals surface area contributed by atoms with Crippen molar-refractivity contribution in [2.75, 3.05) is 13.6 Å². The van der Waals surface area contributed by atoms with E-state index in [0.29, 0.717) is 6.54 Å². The van der Waals surface area contributed by atoms with Gasteiger partial charge in [-0.25, -0.2) is 4.79 Å². The summed E-state index contributed by atoms with van der Waals surface area (Å²) >= 11 is 1.57. The monoisotopic (exact) mass is 368 g/mol. The molecule has 0 radical (unpaired) electrons. The molecule has 6 heteroatoms. The average molecular weight is 368 g/mol. The Hall–Kier alpha value is -2.91. The first-order valence-electron chi connectivity index (χ1n) is 8.17. The molecule has 0 saturated carbocycles. The molecule has 1 heterocycles. The summed E-state index contributed by atoms with van der Waals surface area (Å²) in [4.78, 5) is 27.4. The van der Waals surface area contributed by atoms with Crippen molar-refractivity contribution in [1.82, 2.24) is 4.90 Å². The average Bonchev–Trinajstić information content (AvgIpc) is 3.13. The minimum absolute atomic E-state index is 0.241. The van der Waals surface area contributed by atoms with Gasteiger partial charge in [0.15, 0.2) is 6.10 Å². The number of nitrogens with zero attached hydrogens (tertiary/aromatic N) is 2. The lowest BCUT2D eigenvalue weighted by Crippen LogP contribution is -2.37. The molecule has 0 bridgehead atoms. The molecular weight excluding hydrogens is 348 g/mol. The molecule has 2 aromatic rings. The number of hydrogen-bond donors (Lipinski definition) is 0. The van der Waals surface area contributed by atoms with Crippen molar-refractivity contribution in [3.63, 3.8) is 0 Å². The fourth-order valence-electron chi connectivity index (χ4n) is 2.25. The van der Waals surface area contributed by atoms with Gasteiger partial charge in [0.2, 0.25) is 0 Å². The summed E-state index contributed by atoms with van der Waals surface area (Å²) in [5.74, 6) is -0.904. The van der Waals surface area contributed by atoms with Crippen LogP contribution in [-0.4, -0.2) is 36.5 Å². The highest BCUT2D eigenvalue weighted by atomic mass is 32.1. The van der Waals surface area contributed by atoms with E-state index in [1.54, 1.807) is 24.5 Å². The number of carbonyl (C=O) groups excluding carboxylic acids is 2. The highest BCUT2D eigenvalue weighted by molar-refractivity contribution is 7.16. The molecule has 1 aromatic heterocycles. The summed E-state index contributed by atoms with van der Waals surface area (Å²) in [6.45, 7) is 1.83. The van der Waals surface area contributed by atoms with Gasteiger partial charge in [0.1, 0.15) is 0 Å². The van der Waals surface area contributed by atoms with E-state index in [4.69, 9.17) is 10.00 Å². The molecule has 0 aliphatic rings. The fourth-order valence-corrected chi connectivity index (χ4v) is 3.17. The Labute approximate surface area is 157 Å². The Morgan fingerprint density at radius 3 is 2.69 bits per heavy atom. The van der Waals surface area contributed by atoms with Gasteiger partial charge in [0, 0.05) is 29.4 Å². The third-order valence-corrected chi connectivity index (χ3v) is 4.74. The van der Waals surface area contributed by atoms with Crippen LogP contribution in [0, 0.1) is 11.3 Å². The van der Waals surface area contributed by atoms with Crippen molar-refractivity contribution >= 4 is 29.3 Å². The first-order valence-corrected chi connectivity index (χ1v) is 8.99. The van der Waals surface area contributed by atoms with Gasteiger partial charge in [0.25, 0.3) is 5.91 Å². The molecule has 0 aliphatic heterocycles.